The number of nitrogens with zero attached hydrogens (tertiary/aromatic N) is 2. The van der Waals surface area contributed by atoms with Gasteiger partial charge in [-0.2, -0.15) is 4.98 Å². The molecule has 96 valence electrons. The van der Waals surface area contributed by atoms with Gasteiger partial charge < -0.3 is 14.8 Å². The van der Waals surface area contributed by atoms with E-state index in [2.05, 4.69) is 34.3 Å². The molecule has 1 aliphatic rings. The number of rotatable bonds is 3. The molecule has 1 aliphatic heterocycles. The topological polar surface area (TPSA) is 66.7 Å². The minimum Gasteiger partial charge on any atom is -0.359 e. The van der Waals surface area contributed by atoms with Gasteiger partial charge in [0, 0.05) is 12.7 Å². The monoisotopic (exact) mass is 246 g/mol. The van der Waals surface area contributed by atoms with Crippen LogP contribution in [0, 0.1) is 5.92 Å². The Labute approximate surface area is 106 Å². The maximum absolute atomic E-state index is 5.52. The van der Waals surface area contributed by atoms with E-state index in [1.807, 2.05) is 18.3 Å². The highest BCUT2D eigenvalue weighted by atomic mass is 16.5. The lowest BCUT2D eigenvalue weighted by atomic mass is 9.76. The van der Waals surface area contributed by atoms with E-state index < -0.39 is 0 Å². The Morgan fingerprint density at radius 3 is 2.94 bits per heavy atom. The van der Waals surface area contributed by atoms with Crippen molar-refractivity contribution < 1.29 is 4.52 Å². The number of hydrogen-bond donors (Lipinski definition) is 2. The van der Waals surface area contributed by atoms with Crippen LogP contribution < -0.4 is 5.32 Å². The maximum atomic E-state index is 5.52. The van der Waals surface area contributed by atoms with Crippen LogP contribution in [0.25, 0.3) is 11.5 Å². The molecular weight excluding hydrogens is 228 g/mol. The molecule has 2 aromatic heterocycles. The van der Waals surface area contributed by atoms with Crippen LogP contribution in [0.5, 0.6) is 0 Å². The van der Waals surface area contributed by atoms with Gasteiger partial charge in [0.05, 0.1) is 11.1 Å². The fourth-order valence-electron chi connectivity index (χ4n) is 2.64. The van der Waals surface area contributed by atoms with Gasteiger partial charge in [-0.25, -0.2) is 0 Å². The minimum atomic E-state index is -0.0160. The summed E-state index contributed by atoms with van der Waals surface area (Å²) < 4.78 is 5.52. The van der Waals surface area contributed by atoms with E-state index in [0.29, 0.717) is 11.7 Å². The summed E-state index contributed by atoms with van der Waals surface area (Å²) in [4.78, 5) is 7.68. The molecule has 0 radical (unpaired) electrons. The van der Waals surface area contributed by atoms with Gasteiger partial charge in [0.1, 0.15) is 0 Å². The molecule has 2 N–H and O–H groups in total. The largest absolute Gasteiger partial charge is 0.359 e. The zero-order valence-electron chi connectivity index (χ0n) is 10.7. The Hall–Kier alpha value is -1.62. The fourth-order valence-corrected chi connectivity index (χ4v) is 2.64. The first-order valence-corrected chi connectivity index (χ1v) is 6.41. The second kappa shape index (κ2) is 4.24. The Kier molecular flexibility index (Phi) is 2.70. The Balaban J connectivity index is 1.97. The molecule has 2 aromatic rings. The molecule has 0 aliphatic carbocycles. The van der Waals surface area contributed by atoms with Crippen molar-refractivity contribution in [3.63, 3.8) is 0 Å². The third-order valence-electron chi connectivity index (χ3n) is 3.98. The summed E-state index contributed by atoms with van der Waals surface area (Å²) in [5.74, 6) is 1.87. The summed E-state index contributed by atoms with van der Waals surface area (Å²) in [6.45, 7) is 6.35. The van der Waals surface area contributed by atoms with Crippen molar-refractivity contribution in [3.8, 4) is 11.5 Å². The highest BCUT2D eigenvalue weighted by Gasteiger charge is 2.43. The van der Waals surface area contributed by atoms with E-state index in [1.54, 1.807) is 0 Å². The summed E-state index contributed by atoms with van der Waals surface area (Å²) in [5.41, 5.74) is 0.882. The molecule has 5 nitrogen and oxygen atoms in total. The molecule has 3 heterocycles. The Morgan fingerprint density at radius 1 is 1.44 bits per heavy atom. The number of hydrogen-bond acceptors (Lipinski definition) is 4. The van der Waals surface area contributed by atoms with Crippen LogP contribution in [-0.4, -0.2) is 28.2 Å². The molecule has 0 bridgehead atoms. The van der Waals surface area contributed by atoms with Gasteiger partial charge in [-0.1, -0.05) is 19.0 Å². The summed E-state index contributed by atoms with van der Waals surface area (Å²) in [5, 5.41) is 7.49. The minimum absolute atomic E-state index is 0.0160. The standard InChI is InChI=1S/C13H18N4O/c1-9(2)13(5-7-14-8-13)12-16-11(17-18-12)10-4-3-6-15-10/h3-4,6,9,14-15H,5,7-8H2,1-2H3. The van der Waals surface area contributed by atoms with Crippen LogP contribution in [0.3, 0.4) is 0 Å². The normalized spacial score (nSPS) is 23.9. The van der Waals surface area contributed by atoms with Crippen molar-refractivity contribution in [2.75, 3.05) is 13.1 Å². The molecule has 0 saturated carbocycles. The highest BCUT2D eigenvalue weighted by molar-refractivity contribution is 5.48. The van der Waals surface area contributed by atoms with E-state index in [1.165, 1.54) is 0 Å². The molecule has 18 heavy (non-hydrogen) atoms. The van der Waals surface area contributed by atoms with Crippen LogP contribution in [0.1, 0.15) is 26.2 Å². The van der Waals surface area contributed by atoms with Crippen molar-refractivity contribution in [2.24, 2.45) is 5.92 Å². The fraction of sp³-hybridized carbons (Fsp3) is 0.538. The first-order valence-electron chi connectivity index (χ1n) is 6.41. The summed E-state index contributed by atoms with van der Waals surface area (Å²) in [6.07, 6.45) is 2.91. The first kappa shape index (κ1) is 11.5. The van der Waals surface area contributed by atoms with Crippen molar-refractivity contribution in [2.45, 2.75) is 25.7 Å². The van der Waals surface area contributed by atoms with Crippen molar-refractivity contribution >= 4 is 0 Å². The van der Waals surface area contributed by atoms with E-state index in [-0.39, 0.29) is 5.41 Å². The maximum Gasteiger partial charge on any atom is 0.234 e. The number of H-pyrrole nitrogens is 1. The van der Waals surface area contributed by atoms with Gasteiger partial charge in [-0.05, 0) is 31.0 Å². The average Bonchev–Trinajstić information content (AvgIpc) is 3.11. The molecule has 0 spiro atoms. The zero-order valence-corrected chi connectivity index (χ0v) is 10.7. The third-order valence-corrected chi connectivity index (χ3v) is 3.98. The zero-order chi connectivity index (χ0) is 12.6. The quantitative estimate of drug-likeness (QED) is 0.868. The van der Waals surface area contributed by atoms with Crippen molar-refractivity contribution in [3.05, 3.63) is 24.2 Å². The van der Waals surface area contributed by atoms with Crippen LogP contribution in [0.4, 0.5) is 0 Å². The number of aromatic amines is 1. The van der Waals surface area contributed by atoms with Crippen molar-refractivity contribution in [1.82, 2.24) is 20.4 Å². The molecule has 3 rings (SSSR count). The predicted octanol–water partition coefficient (Wildman–Crippen LogP) is 1.95. The third kappa shape index (κ3) is 1.66. The molecule has 0 aromatic carbocycles. The Morgan fingerprint density at radius 2 is 2.33 bits per heavy atom. The molecule has 1 atom stereocenters. The lowest BCUT2D eigenvalue weighted by Gasteiger charge is -2.27. The molecule has 1 saturated heterocycles. The van der Waals surface area contributed by atoms with Gasteiger partial charge in [-0.15, -0.1) is 0 Å². The van der Waals surface area contributed by atoms with Gasteiger partial charge in [0.25, 0.3) is 0 Å². The van der Waals surface area contributed by atoms with Gasteiger partial charge in [0.15, 0.2) is 0 Å². The second-order valence-corrected chi connectivity index (χ2v) is 5.24. The summed E-state index contributed by atoms with van der Waals surface area (Å²) in [6, 6.07) is 3.88. The number of aromatic nitrogens is 3. The van der Waals surface area contributed by atoms with E-state index in [9.17, 15) is 0 Å². The van der Waals surface area contributed by atoms with Crippen LogP contribution in [0.2, 0.25) is 0 Å². The average molecular weight is 246 g/mol. The van der Waals surface area contributed by atoms with E-state index in [4.69, 9.17) is 4.52 Å². The number of nitrogens with one attached hydrogen (secondary N) is 2. The van der Waals surface area contributed by atoms with Gasteiger partial charge >= 0.3 is 0 Å². The van der Waals surface area contributed by atoms with Crippen LogP contribution >= 0.6 is 0 Å². The second-order valence-electron chi connectivity index (χ2n) is 5.24. The van der Waals surface area contributed by atoms with Gasteiger partial charge in [-0.3, -0.25) is 0 Å². The van der Waals surface area contributed by atoms with Crippen LogP contribution in [-0.2, 0) is 5.41 Å². The van der Waals surface area contributed by atoms with E-state index in [0.717, 1.165) is 31.1 Å². The van der Waals surface area contributed by atoms with Crippen LogP contribution in [0.15, 0.2) is 22.9 Å². The smallest absolute Gasteiger partial charge is 0.234 e. The highest BCUT2D eigenvalue weighted by Crippen LogP contribution is 2.37. The molecule has 5 heteroatoms. The van der Waals surface area contributed by atoms with E-state index >= 15 is 0 Å². The van der Waals surface area contributed by atoms with Crippen molar-refractivity contribution in [1.29, 1.82) is 0 Å². The molecule has 0 amide bonds. The SMILES string of the molecule is CC(C)C1(c2nc(-c3ccc[nH]3)no2)CCNC1. The molecule has 1 fully saturated rings. The molecular formula is C13H18N4O. The summed E-state index contributed by atoms with van der Waals surface area (Å²) >= 11 is 0. The Bertz CT molecular complexity index is 509. The first-order chi connectivity index (χ1) is 8.72. The lowest BCUT2D eigenvalue weighted by Crippen LogP contribution is -2.35. The summed E-state index contributed by atoms with van der Waals surface area (Å²) in [7, 11) is 0. The van der Waals surface area contributed by atoms with Gasteiger partial charge in [0.2, 0.25) is 11.7 Å². The molecule has 1 unspecified atom stereocenters. The lowest BCUT2D eigenvalue weighted by molar-refractivity contribution is 0.234. The predicted molar refractivity (Wildman–Crippen MR) is 68.1 cm³/mol.